The van der Waals surface area contributed by atoms with Gasteiger partial charge >= 0.3 is 7.82 Å². The predicted octanol–water partition coefficient (Wildman–Crippen LogP) is 3.47. The molecule has 0 fully saturated rings. The molecule has 0 bridgehead atoms. The first kappa shape index (κ1) is 24.6. The Morgan fingerprint density at radius 2 is 1.93 bits per heavy atom. The van der Waals surface area contributed by atoms with Crippen molar-refractivity contribution in [1.29, 1.82) is 0 Å². The van der Waals surface area contributed by atoms with Gasteiger partial charge in [-0.05, 0) is 56.5 Å². The van der Waals surface area contributed by atoms with Crippen molar-refractivity contribution in [1.82, 2.24) is 0 Å². The number of hydrogen-bond acceptors (Lipinski definition) is 6. The van der Waals surface area contributed by atoms with Gasteiger partial charge in [0.25, 0.3) is 0 Å². The van der Waals surface area contributed by atoms with Crippen LogP contribution in [0.15, 0.2) is 36.4 Å². The first-order valence-electron chi connectivity index (χ1n) is 9.53. The molecule has 9 heteroatoms. The number of aryl methyl sites for hydroxylation is 1. The van der Waals surface area contributed by atoms with Crippen molar-refractivity contribution in [3.8, 4) is 17.6 Å². The zero-order valence-electron chi connectivity index (χ0n) is 17.2. The van der Waals surface area contributed by atoms with Crippen LogP contribution in [0.25, 0.3) is 0 Å². The van der Waals surface area contributed by atoms with Gasteiger partial charge in [0.15, 0.2) is 0 Å². The molecule has 0 saturated heterocycles. The summed E-state index contributed by atoms with van der Waals surface area (Å²) in [4.78, 5) is 19.6. The Balaban J connectivity index is 1.72. The van der Waals surface area contributed by atoms with Crippen LogP contribution in [0.2, 0.25) is 0 Å². The van der Waals surface area contributed by atoms with E-state index in [0.717, 1.165) is 21.1 Å². The molecule has 1 aromatic carbocycles. The number of phosphoric acid groups is 1. The number of phosphoric ester groups is 1. The van der Waals surface area contributed by atoms with Gasteiger partial charge in [0.05, 0.1) is 24.7 Å². The van der Waals surface area contributed by atoms with E-state index in [1.807, 2.05) is 43.3 Å². The van der Waals surface area contributed by atoms with Gasteiger partial charge in [0.1, 0.15) is 12.4 Å². The molecule has 0 saturated carbocycles. The Labute approximate surface area is 181 Å². The van der Waals surface area contributed by atoms with Crippen LogP contribution in [0.3, 0.4) is 0 Å². The van der Waals surface area contributed by atoms with Crippen molar-refractivity contribution in [3.63, 3.8) is 0 Å². The van der Waals surface area contributed by atoms with Crippen molar-refractivity contribution >= 4 is 19.2 Å². The molecule has 0 aliphatic rings. The van der Waals surface area contributed by atoms with Gasteiger partial charge in [-0.2, -0.15) is 0 Å². The average Bonchev–Trinajstić information content (AvgIpc) is 3.14. The summed E-state index contributed by atoms with van der Waals surface area (Å²) in [7, 11) is -4.51. The molecule has 4 N–H and O–H groups in total. The quantitative estimate of drug-likeness (QED) is 0.271. The first-order valence-corrected chi connectivity index (χ1v) is 11.9. The lowest BCUT2D eigenvalue weighted by Crippen LogP contribution is -2.41. The molecule has 30 heavy (non-hydrogen) atoms. The van der Waals surface area contributed by atoms with E-state index in [2.05, 4.69) is 16.4 Å². The molecule has 2 aromatic rings. The van der Waals surface area contributed by atoms with Crippen LogP contribution in [-0.2, 0) is 26.9 Å². The van der Waals surface area contributed by atoms with Gasteiger partial charge in [0.2, 0.25) is 0 Å². The number of hydrogen-bond donors (Lipinski definition) is 3. The van der Waals surface area contributed by atoms with Crippen molar-refractivity contribution in [2.75, 3.05) is 19.8 Å². The normalized spacial score (nSPS) is 13.4. The van der Waals surface area contributed by atoms with Crippen molar-refractivity contribution < 1.29 is 28.3 Å². The van der Waals surface area contributed by atoms with E-state index in [0.29, 0.717) is 32.7 Å². The summed E-state index contributed by atoms with van der Waals surface area (Å²) < 4.78 is 26.3. The molecule has 1 heterocycles. The summed E-state index contributed by atoms with van der Waals surface area (Å²) >= 11 is 1.56. The van der Waals surface area contributed by atoms with Crippen LogP contribution < -0.4 is 10.5 Å². The highest BCUT2D eigenvalue weighted by molar-refractivity contribution is 7.46. The molecule has 0 aliphatic heterocycles. The summed E-state index contributed by atoms with van der Waals surface area (Å²) in [6.45, 7) is 4.92. The van der Waals surface area contributed by atoms with Crippen molar-refractivity contribution in [2.45, 2.75) is 38.8 Å². The fourth-order valence-electron chi connectivity index (χ4n) is 2.48. The molecule has 1 unspecified atom stereocenters. The van der Waals surface area contributed by atoms with E-state index in [4.69, 9.17) is 25.0 Å². The van der Waals surface area contributed by atoms with Gasteiger partial charge < -0.3 is 25.0 Å². The Kier molecular flexibility index (Phi) is 9.53. The molecule has 2 rings (SSSR count). The zero-order valence-corrected chi connectivity index (χ0v) is 18.9. The topological polar surface area (TPSA) is 111 Å². The first-order chi connectivity index (χ1) is 14.2. The fourth-order valence-corrected chi connectivity index (χ4v) is 3.83. The molecule has 0 aliphatic carbocycles. The minimum Gasteiger partial charge on any atom is -0.494 e. The van der Waals surface area contributed by atoms with E-state index in [1.165, 1.54) is 0 Å². The smallest absolute Gasteiger partial charge is 0.469 e. The molecule has 0 radical (unpaired) electrons. The summed E-state index contributed by atoms with van der Waals surface area (Å²) in [6, 6.07) is 11.7. The lowest BCUT2D eigenvalue weighted by atomic mass is 9.98. The highest BCUT2D eigenvalue weighted by Gasteiger charge is 2.24. The zero-order chi connectivity index (χ0) is 22.0. The third-order valence-electron chi connectivity index (χ3n) is 4.06. The highest BCUT2D eigenvalue weighted by atomic mass is 32.1. The van der Waals surface area contributed by atoms with Gasteiger partial charge in [-0.3, -0.25) is 4.52 Å². The van der Waals surface area contributed by atoms with Crippen molar-refractivity contribution in [2.24, 2.45) is 5.73 Å². The molecule has 0 spiro atoms. The largest absolute Gasteiger partial charge is 0.494 e. The minimum atomic E-state index is -4.51. The van der Waals surface area contributed by atoms with Crippen molar-refractivity contribution in [3.05, 3.63) is 51.7 Å². The van der Waals surface area contributed by atoms with Crippen LogP contribution in [0.1, 0.15) is 35.6 Å². The van der Waals surface area contributed by atoms with Crippen LogP contribution in [0, 0.1) is 11.8 Å². The number of nitrogens with two attached hydrogens (primary N) is 1. The average molecular weight is 453 g/mol. The van der Waals surface area contributed by atoms with E-state index in [1.54, 1.807) is 18.3 Å². The monoisotopic (exact) mass is 453 g/mol. The molecule has 1 aromatic heterocycles. The Hall–Kier alpha value is -1.69. The van der Waals surface area contributed by atoms with Crippen LogP contribution in [-0.4, -0.2) is 35.1 Å². The molecular weight excluding hydrogens is 425 g/mol. The minimum absolute atomic E-state index is 0.207. The second kappa shape index (κ2) is 11.6. The molecule has 164 valence electrons. The Bertz CT molecular complexity index is 894. The summed E-state index contributed by atoms with van der Waals surface area (Å²) in [5, 5.41) is 0. The maximum Gasteiger partial charge on any atom is 0.469 e. The summed E-state index contributed by atoms with van der Waals surface area (Å²) in [5.74, 6) is 6.94. The standard InChI is InChI=1S/C21H28NO6PS/c1-3-27-18-8-6-17(7-9-18)15-26-14-4-5-19-10-11-20(30-19)12-13-21(2,22)16-28-29(23,24)25/h6-11H,3,12-16,22H2,1-2H3,(H2,23,24,25). The SMILES string of the molecule is CCOc1ccc(COCC#Cc2ccc(CCC(C)(N)COP(=O)(O)O)s2)cc1. The van der Waals surface area contributed by atoms with E-state index in [9.17, 15) is 4.57 Å². The number of benzene rings is 1. The Morgan fingerprint density at radius 1 is 1.20 bits per heavy atom. The highest BCUT2D eigenvalue weighted by Crippen LogP contribution is 2.37. The number of thiophene rings is 1. The second-order valence-corrected chi connectivity index (χ2v) is 9.46. The molecular formula is C21H28NO6PS. The van der Waals surface area contributed by atoms with E-state index >= 15 is 0 Å². The molecule has 1 atom stereocenters. The van der Waals surface area contributed by atoms with Crippen LogP contribution in [0.5, 0.6) is 5.75 Å². The van der Waals surface area contributed by atoms with Crippen LogP contribution in [0.4, 0.5) is 0 Å². The maximum absolute atomic E-state index is 10.8. The Morgan fingerprint density at radius 3 is 2.60 bits per heavy atom. The lowest BCUT2D eigenvalue weighted by Gasteiger charge is -2.24. The predicted molar refractivity (Wildman–Crippen MR) is 117 cm³/mol. The summed E-state index contributed by atoms with van der Waals surface area (Å²) in [5.41, 5.74) is 6.28. The fraction of sp³-hybridized carbons (Fsp3) is 0.429. The third kappa shape index (κ3) is 9.88. The molecule has 7 nitrogen and oxygen atoms in total. The summed E-state index contributed by atoms with van der Waals surface area (Å²) in [6.07, 6.45) is 1.21. The van der Waals surface area contributed by atoms with E-state index in [-0.39, 0.29) is 6.61 Å². The van der Waals surface area contributed by atoms with Crippen LogP contribution >= 0.6 is 19.2 Å². The van der Waals surface area contributed by atoms with Gasteiger partial charge in [-0.25, -0.2) is 4.57 Å². The van der Waals surface area contributed by atoms with Gasteiger partial charge in [-0.15, -0.1) is 11.3 Å². The third-order valence-corrected chi connectivity index (χ3v) is 5.58. The molecule has 0 amide bonds. The van der Waals surface area contributed by atoms with Gasteiger partial charge in [-0.1, -0.05) is 24.0 Å². The lowest BCUT2D eigenvalue weighted by molar-refractivity contribution is 0.153. The van der Waals surface area contributed by atoms with E-state index < -0.39 is 13.4 Å². The second-order valence-electron chi connectivity index (χ2n) is 7.06. The maximum atomic E-state index is 10.8. The number of ether oxygens (including phenoxy) is 2. The van der Waals surface area contributed by atoms with Gasteiger partial charge in [0, 0.05) is 10.4 Å². The number of rotatable bonds is 11.